The molecule has 1 saturated heterocycles. The minimum atomic E-state index is -4.59. The van der Waals surface area contributed by atoms with Gasteiger partial charge in [0.2, 0.25) is 0 Å². The largest absolute Gasteiger partial charge is 0.416 e. The third-order valence-corrected chi connectivity index (χ3v) is 7.13. The van der Waals surface area contributed by atoms with Gasteiger partial charge in [0.25, 0.3) is 5.92 Å². The molecule has 256 valence electrons. The van der Waals surface area contributed by atoms with Crippen LogP contribution in [0.4, 0.5) is 22.0 Å². The number of alkyl halides is 5. The van der Waals surface area contributed by atoms with Gasteiger partial charge in [0.15, 0.2) is 0 Å². The van der Waals surface area contributed by atoms with Crippen molar-refractivity contribution in [3.8, 4) is 0 Å². The number of nitrogens with zero attached hydrogens (tertiary/aromatic N) is 2. The average molecular weight is 649 g/mol. The van der Waals surface area contributed by atoms with Gasteiger partial charge in [-0.25, -0.2) is 8.78 Å². The minimum Gasteiger partial charge on any atom is -0.376 e. The molecule has 0 amide bonds. The second-order valence-corrected chi connectivity index (χ2v) is 11.7. The summed E-state index contributed by atoms with van der Waals surface area (Å²) in [6.07, 6.45) is 12.5. The van der Waals surface area contributed by atoms with Crippen molar-refractivity contribution in [2.75, 3.05) is 27.2 Å². The van der Waals surface area contributed by atoms with E-state index in [-0.39, 0.29) is 12.0 Å². The molecule has 1 unspecified atom stereocenters. The molecule has 0 spiro atoms. The standard InChI is InChI=1S/C20H28N2.C11H11F5.C5H10.C2H4O/c1-6-18-8-7-13-22(15-18)17(3)20(21(4)5)14-19-11-9-16(2)10-12-19;1-3-7-4-5-8(11(14,15)16)6-9(7)10(2,12)13;1-4-5(2)3;1-2-3/h6,9,11-12,14,18H,1-3,7-8,10,13,15H2,4-5H3;4-6H,3H2,1-2H3;4-5H,1H2,2-3H3;2H,1H3/b20-14-;;;. The van der Waals surface area contributed by atoms with Crippen molar-refractivity contribution in [1.82, 2.24) is 9.80 Å². The monoisotopic (exact) mass is 648 g/mol. The Morgan fingerprint density at radius 1 is 1.13 bits per heavy atom. The number of halogens is 5. The van der Waals surface area contributed by atoms with Crippen LogP contribution in [0, 0.1) is 11.8 Å². The van der Waals surface area contributed by atoms with Gasteiger partial charge in [-0.05, 0) is 73.8 Å². The predicted molar refractivity (Wildman–Crippen MR) is 184 cm³/mol. The van der Waals surface area contributed by atoms with Gasteiger partial charge in [-0.2, -0.15) is 13.2 Å². The van der Waals surface area contributed by atoms with Gasteiger partial charge in [-0.15, -0.1) is 13.2 Å². The lowest BCUT2D eigenvalue weighted by molar-refractivity contribution is -0.137. The van der Waals surface area contributed by atoms with E-state index in [1.807, 2.05) is 6.08 Å². The van der Waals surface area contributed by atoms with Crippen LogP contribution < -0.4 is 0 Å². The number of aldehydes is 1. The van der Waals surface area contributed by atoms with Crippen LogP contribution >= 0.6 is 0 Å². The molecular formula is C38H53F5N2O. The quantitative estimate of drug-likeness (QED) is 0.121. The van der Waals surface area contributed by atoms with Crippen LogP contribution in [0.15, 0.2) is 104 Å². The van der Waals surface area contributed by atoms with E-state index in [0.29, 0.717) is 24.8 Å². The van der Waals surface area contributed by atoms with E-state index in [1.54, 1.807) is 6.92 Å². The summed E-state index contributed by atoms with van der Waals surface area (Å²) in [7, 11) is 4.16. The van der Waals surface area contributed by atoms with Crippen LogP contribution in [0.3, 0.4) is 0 Å². The molecule has 1 atom stereocenters. The Morgan fingerprint density at radius 3 is 2.13 bits per heavy atom. The maximum Gasteiger partial charge on any atom is 0.416 e. The number of likely N-dealkylation sites (N-methyl/N-ethyl adjacent to an activating group) is 1. The Kier molecular flexibility index (Phi) is 18.8. The summed E-state index contributed by atoms with van der Waals surface area (Å²) >= 11 is 0. The van der Waals surface area contributed by atoms with Crippen molar-refractivity contribution in [2.24, 2.45) is 11.8 Å². The molecule has 3 nitrogen and oxygen atoms in total. The van der Waals surface area contributed by atoms with Crippen molar-refractivity contribution < 1.29 is 26.7 Å². The summed E-state index contributed by atoms with van der Waals surface area (Å²) < 4.78 is 63.2. The summed E-state index contributed by atoms with van der Waals surface area (Å²) in [5.41, 5.74) is 3.32. The highest BCUT2D eigenvalue weighted by Crippen LogP contribution is 2.36. The molecule has 1 aromatic carbocycles. The van der Waals surface area contributed by atoms with E-state index in [2.05, 4.69) is 94.4 Å². The second kappa shape index (κ2) is 20.4. The molecule has 3 rings (SSSR count). The first kappa shape index (κ1) is 42.3. The van der Waals surface area contributed by atoms with Crippen LogP contribution in [-0.2, 0) is 23.3 Å². The molecule has 1 aliphatic carbocycles. The number of hydrogen-bond donors (Lipinski definition) is 0. The van der Waals surface area contributed by atoms with Gasteiger partial charge in [-0.3, -0.25) is 0 Å². The summed E-state index contributed by atoms with van der Waals surface area (Å²) in [5, 5.41) is 0. The Labute approximate surface area is 274 Å². The number of hydrogen-bond acceptors (Lipinski definition) is 3. The first-order valence-electron chi connectivity index (χ1n) is 15.5. The minimum absolute atomic E-state index is 0.237. The van der Waals surface area contributed by atoms with Crippen LogP contribution in [0.5, 0.6) is 0 Å². The zero-order valence-corrected chi connectivity index (χ0v) is 28.7. The van der Waals surface area contributed by atoms with E-state index in [1.165, 1.54) is 31.0 Å². The number of benzene rings is 1. The van der Waals surface area contributed by atoms with Gasteiger partial charge in [0.05, 0.1) is 17.0 Å². The SMILES string of the molecule is C=CC(C)C.C=CC1CCCN(C(=C)/C(=C/C2=CCC(=C)C=C2)N(C)C)C1.CC=O.CCc1ccc(C(F)(F)F)cc1C(C)(F)F. The molecule has 2 aliphatic rings. The summed E-state index contributed by atoms with van der Waals surface area (Å²) in [5.74, 6) is -2.03. The normalized spacial score (nSPS) is 16.4. The summed E-state index contributed by atoms with van der Waals surface area (Å²) in [4.78, 5) is 13.4. The molecule has 1 fully saturated rings. The van der Waals surface area contributed by atoms with Crippen molar-refractivity contribution in [2.45, 2.75) is 72.4 Å². The summed E-state index contributed by atoms with van der Waals surface area (Å²) in [6, 6.07) is 2.46. The molecule has 1 aromatic rings. The van der Waals surface area contributed by atoms with Crippen molar-refractivity contribution in [3.63, 3.8) is 0 Å². The molecule has 0 saturated carbocycles. The smallest absolute Gasteiger partial charge is 0.376 e. The lowest BCUT2D eigenvalue weighted by Crippen LogP contribution is -2.36. The maximum atomic E-state index is 13.1. The fraction of sp³-hybridized carbons (Fsp3) is 0.447. The molecule has 0 radical (unpaired) electrons. The van der Waals surface area contributed by atoms with Gasteiger partial charge in [0, 0.05) is 39.7 Å². The highest BCUT2D eigenvalue weighted by atomic mass is 19.4. The highest BCUT2D eigenvalue weighted by Gasteiger charge is 2.34. The fourth-order valence-corrected chi connectivity index (χ4v) is 4.41. The van der Waals surface area contributed by atoms with Gasteiger partial charge < -0.3 is 14.6 Å². The van der Waals surface area contributed by atoms with Crippen LogP contribution in [-0.4, -0.2) is 43.3 Å². The molecule has 0 N–H and O–H groups in total. The molecular weight excluding hydrogens is 595 g/mol. The lowest BCUT2D eigenvalue weighted by Gasteiger charge is -2.36. The van der Waals surface area contributed by atoms with E-state index >= 15 is 0 Å². The number of allylic oxidation sites excluding steroid dienone is 7. The third kappa shape index (κ3) is 15.5. The number of rotatable bonds is 8. The lowest BCUT2D eigenvalue weighted by atomic mass is 9.97. The van der Waals surface area contributed by atoms with E-state index in [9.17, 15) is 22.0 Å². The van der Waals surface area contributed by atoms with Crippen LogP contribution in [0.25, 0.3) is 0 Å². The first-order valence-corrected chi connectivity index (χ1v) is 15.5. The number of piperidine rings is 1. The predicted octanol–water partition coefficient (Wildman–Crippen LogP) is 10.7. The van der Waals surface area contributed by atoms with Crippen molar-refractivity contribution in [1.29, 1.82) is 0 Å². The second-order valence-electron chi connectivity index (χ2n) is 11.7. The number of aryl methyl sites for hydroxylation is 1. The zero-order chi connectivity index (χ0) is 35.7. The number of carbonyl (C=O) groups excluding carboxylic acids is 1. The first-order chi connectivity index (χ1) is 21.4. The molecule has 0 bridgehead atoms. The molecule has 8 heteroatoms. The van der Waals surface area contributed by atoms with E-state index in [4.69, 9.17) is 4.79 Å². The van der Waals surface area contributed by atoms with Crippen molar-refractivity contribution in [3.05, 3.63) is 120 Å². The number of likely N-dealkylation sites (tertiary alicyclic amines) is 1. The highest BCUT2D eigenvalue weighted by molar-refractivity contribution is 5.45. The average Bonchev–Trinajstić information content (AvgIpc) is 3.00. The van der Waals surface area contributed by atoms with Crippen LogP contribution in [0.2, 0.25) is 0 Å². The van der Waals surface area contributed by atoms with Gasteiger partial charge in [0.1, 0.15) is 6.29 Å². The zero-order valence-electron chi connectivity index (χ0n) is 28.7. The Bertz CT molecular complexity index is 1250. The van der Waals surface area contributed by atoms with E-state index < -0.39 is 23.2 Å². The molecule has 1 heterocycles. The van der Waals surface area contributed by atoms with E-state index in [0.717, 1.165) is 49.2 Å². The Balaban J connectivity index is 0.000000736. The number of carbonyl (C=O) groups is 1. The molecule has 46 heavy (non-hydrogen) atoms. The Hall–Kier alpha value is -3.68. The maximum absolute atomic E-state index is 13.1. The third-order valence-electron chi connectivity index (χ3n) is 7.13. The fourth-order valence-electron chi connectivity index (χ4n) is 4.41. The summed E-state index contributed by atoms with van der Waals surface area (Å²) in [6.45, 7) is 25.8. The molecule has 1 aliphatic heterocycles. The van der Waals surface area contributed by atoms with Gasteiger partial charge in [-0.1, -0.05) is 75.9 Å². The van der Waals surface area contributed by atoms with Gasteiger partial charge >= 0.3 is 6.18 Å². The topological polar surface area (TPSA) is 23.6 Å². The Morgan fingerprint density at radius 2 is 1.72 bits per heavy atom. The van der Waals surface area contributed by atoms with Crippen LogP contribution in [0.1, 0.15) is 70.6 Å². The van der Waals surface area contributed by atoms with Crippen molar-refractivity contribution >= 4 is 6.29 Å². The molecule has 0 aromatic heterocycles.